The highest BCUT2D eigenvalue weighted by molar-refractivity contribution is 5.78. The van der Waals surface area contributed by atoms with E-state index >= 15 is 0 Å². The normalized spacial score (nSPS) is 24.5. The summed E-state index contributed by atoms with van der Waals surface area (Å²) in [6, 6.07) is 0.386. The molecule has 3 nitrogen and oxygen atoms in total. The van der Waals surface area contributed by atoms with Gasteiger partial charge in [-0.15, -0.1) is 0 Å². The minimum Gasteiger partial charge on any atom is -0.352 e. The van der Waals surface area contributed by atoms with Gasteiger partial charge in [-0.2, -0.15) is 0 Å². The fourth-order valence-electron chi connectivity index (χ4n) is 1.30. The molecule has 0 aromatic carbocycles. The number of hydrogen-bond donors (Lipinski definition) is 2. The van der Waals surface area contributed by atoms with Gasteiger partial charge in [0.25, 0.3) is 0 Å². The Kier molecular flexibility index (Phi) is 2.91. The van der Waals surface area contributed by atoms with Crippen LogP contribution in [0.1, 0.15) is 41.0 Å². The number of rotatable bonds is 3. The largest absolute Gasteiger partial charge is 0.352 e. The van der Waals surface area contributed by atoms with Gasteiger partial charge in [0.1, 0.15) is 0 Å². The number of carbonyl (C=O) groups excluding carboxylic acids is 1. The van der Waals surface area contributed by atoms with Crippen LogP contribution >= 0.6 is 0 Å². The molecule has 1 atom stereocenters. The first-order valence-corrected chi connectivity index (χ1v) is 5.25. The van der Waals surface area contributed by atoms with E-state index in [1.807, 2.05) is 0 Å². The summed E-state index contributed by atoms with van der Waals surface area (Å²) in [5, 5.41) is 6.19. The van der Waals surface area contributed by atoms with Crippen LogP contribution in [0.15, 0.2) is 0 Å². The van der Waals surface area contributed by atoms with Gasteiger partial charge in [0.05, 0.1) is 6.54 Å². The minimum absolute atomic E-state index is 0.0103. The lowest BCUT2D eigenvalue weighted by atomic mass is 10.1. The van der Waals surface area contributed by atoms with Gasteiger partial charge in [0.2, 0.25) is 5.91 Å². The van der Waals surface area contributed by atoms with Gasteiger partial charge in [0, 0.05) is 11.6 Å². The van der Waals surface area contributed by atoms with Gasteiger partial charge in [-0.05, 0) is 32.6 Å². The van der Waals surface area contributed by atoms with E-state index in [9.17, 15) is 4.79 Å². The summed E-state index contributed by atoms with van der Waals surface area (Å²) in [6.45, 7) is 10.9. The molecule has 0 saturated heterocycles. The second-order valence-corrected chi connectivity index (χ2v) is 5.92. The predicted molar refractivity (Wildman–Crippen MR) is 58.1 cm³/mol. The zero-order valence-electron chi connectivity index (χ0n) is 9.90. The van der Waals surface area contributed by atoms with Crippen molar-refractivity contribution >= 4 is 5.91 Å². The molecule has 1 aliphatic carbocycles. The van der Waals surface area contributed by atoms with Crippen LogP contribution in [0.4, 0.5) is 0 Å². The summed E-state index contributed by atoms with van der Waals surface area (Å²) in [5.41, 5.74) is 0.327. The maximum absolute atomic E-state index is 11.5. The Morgan fingerprint density at radius 1 is 1.43 bits per heavy atom. The molecule has 1 aliphatic rings. The van der Waals surface area contributed by atoms with E-state index in [0.717, 1.165) is 6.42 Å². The van der Waals surface area contributed by atoms with Crippen LogP contribution in [0.3, 0.4) is 0 Å². The van der Waals surface area contributed by atoms with E-state index in [1.165, 1.54) is 0 Å². The third-order valence-electron chi connectivity index (χ3n) is 2.63. The molecule has 1 rings (SSSR count). The van der Waals surface area contributed by atoms with E-state index in [-0.39, 0.29) is 11.4 Å². The molecule has 14 heavy (non-hydrogen) atoms. The number of carbonyl (C=O) groups is 1. The molecule has 1 fully saturated rings. The molecular formula is C11H22N2O. The fourth-order valence-corrected chi connectivity index (χ4v) is 1.30. The van der Waals surface area contributed by atoms with E-state index in [2.05, 4.69) is 45.3 Å². The summed E-state index contributed by atoms with van der Waals surface area (Å²) in [6.07, 6.45) is 1.11. The van der Waals surface area contributed by atoms with Gasteiger partial charge in [0.15, 0.2) is 0 Å². The van der Waals surface area contributed by atoms with Gasteiger partial charge >= 0.3 is 0 Å². The van der Waals surface area contributed by atoms with Crippen molar-refractivity contribution in [3.8, 4) is 0 Å². The third kappa shape index (κ3) is 3.66. The molecule has 0 spiro atoms. The van der Waals surface area contributed by atoms with Gasteiger partial charge in [-0.1, -0.05) is 13.8 Å². The highest BCUT2D eigenvalue weighted by Crippen LogP contribution is 2.44. The Morgan fingerprint density at radius 3 is 2.29 bits per heavy atom. The summed E-state index contributed by atoms with van der Waals surface area (Å²) in [4.78, 5) is 11.5. The molecule has 3 heteroatoms. The van der Waals surface area contributed by atoms with Crippen molar-refractivity contribution in [1.29, 1.82) is 0 Å². The highest BCUT2D eigenvalue weighted by atomic mass is 16.2. The maximum atomic E-state index is 11.5. The van der Waals surface area contributed by atoms with Crippen molar-refractivity contribution < 1.29 is 4.79 Å². The average Bonchev–Trinajstić information content (AvgIpc) is 2.53. The van der Waals surface area contributed by atoms with Gasteiger partial charge < -0.3 is 10.6 Å². The van der Waals surface area contributed by atoms with Crippen LogP contribution in [-0.4, -0.2) is 24.0 Å². The van der Waals surface area contributed by atoms with E-state index in [4.69, 9.17) is 0 Å². The van der Waals surface area contributed by atoms with Crippen LogP contribution in [0, 0.1) is 5.41 Å². The first kappa shape index (κ1) is 11.5. The molecule has 1 unspecified atom stereocenters. The fraction of sp³-hybridized carbons (Fsp3) is 0.909. The smallest absolute Gasteiger partial charge is 0.234 e. The molecule has 1 amide bonds. The van der Waals surface area contributed by atoms with E-state index in [1.54, 1.807) is 0 Å². The first-order chi connectivity index (χ1) is 6.21. The molecule has 2 N–H and O–H groups in total. The van der Waals surface area contributed by atoms with Crippen LogP contribution in [0.2, 0.25) is 0 Å². The quantitative estimate of drug-likeness (QED) is 0.717. The third-order valence-corrected chi connectivity index (χ3v) is 2.63. The maximum Gasteiger partial charge on any atom is 0.234 e. The molecule has 0 aliphatic heterocycles. The van der Waals surface area contributed by atoms with E-state index in [0.29, 0.717) is 18.0 Å². The molecule has 1 saturated carbocycles. The monoisotopic (exact) mass is 198 g/mol. The molecule has 0 heterocycles. The lowest BCUT2D eigenvalue weighted by molar-refractivity contribution is -0.120. The van der Waals surface area contributed by atoms with Crippen LogP contribution < -0.4 is 10.6 Å². The Bertz CT molecular complexity index is 228. The van der Waals surface area contributed by atoms with Crippen LogP contribution in [0.25, 0.3) is 0 Å². The van der Waals surface area contributed by atoms with E-state index < -0.39 is 0 Å². The Balaban J connectivity index is 2.18. The Labute approximate surface area is 86.6 Å². The Hall–Kier alpha value is -0.570. The van der Waals surface area contributed by atoms with Crippen molar-refractivity contribution in [1.82, 2.24) is 10.6 Å². The zero-order chi connectivity index (χ0) is 11.0. The summed E-state index contributed by atoms with van der Waals surface area (Å²) < 4.78 is 0. The SMILES string of the molecule is CC(C)(C)NCC(=O)NC1CC1(C)C. The molecule has 0 bridgehead atoms. The van der Waals surface area contributed by atoms with Crippen LogP contribution in [0.5, 0.6) is 0 Å². The average molecular weight is 198 g/mol. The molecule has 0 radical (unpaired) electrons. The topological polar surface area (TPSA) is 41.1 Å². The summed E-state index contributed by atoms with van der Waals surface area (Å²) in [5.74, 6) is 0.107. The second-order valence-electron chi connectivity index (χ2n) is 5.92. The first-order valence-electron chi connectivity index (χ1n) is 5.25. The van der Waals surface area contributed by atoms with Crippen molar-refractivity contribution in [2.75, 3.05) is 6.54 Å². The molecule has 82 valence electrons. The van der Waals surface area contributed by atoms with Crippen molar-refractivity contribution in [3.63, 3.8) is 0 Å². The zero-order valence-corrected chi connectivity index (χ0v) is 9.90. The molecule has 0 aromatic heterocycles. The second kappa shape index (κ2) is 3.54. The molecular weight excluding hydrogens is 176 g/mol. The highest BCUT2D eigenvalue weighted by Gasteiger charge is 2.46. The van der Waals surface area contributed by atoms with Gasteiger partial charge in [-0.3, -0.25) is 4.79 Å². The summed E-state index contributed by atoms with van der Waals surface area (Å²) in [7, 11) is 0. The number of nitrogens with one attached hydrogen (secondary N) is 2. The van der Waals surface area contributed by atoms with Crippen molar-refractivity contribution in [2.24, 2.45) is 5.41 Å². The lowest BCUT2D eigenvalue weighted by Gasteiger charge is -2.20. The number of hydrogen-bond acceptors (Lipinski definition) is 2. The van der Waals surface area contributed by atoms with Crippen molar-refractivity contribution in [2.45, 2.75) is 52.6 Å². The molecule has 0 aromatic rings. The summed E-state index contributed by atoms with van der Waals surface area (Å²) >= 11 is 0. The lowest BCUT2D eigenvalue weighted by Crippen LogP contribution is -2.44. The predicted octanol–water partition coefficient (Wildman–Crippen LogP) is 1.29. The van der Waals surface area contributed by atoms with Gasteiger partial charge in [-0.25, -0.2) is 0 Å². The number of amides is 1. The van der Waals surface area contributed by atoms with Crippen LogP contribution in [-0.2, 0) is 4.79 Å². The Morgan fingerprint density at radius 2 is 1.93 bits per heavy atom. The van der Waals surface area contributed by atoms with Crippen molar-refractivity contribution in [3.05, 3.63) is 0 Å². The standard InChI is InChI=1S/C11H22N2O/c1-10(2,3)12-7-9(14)13-8-6-11(8,4)5/h8,12H,6-7H2,1-5H3,(H,13,14). The minimum atomic E-state index is 0.0103.